The fourth-order valence-corrected chi connectivity index (χ4v) is 1.19. The topological polar surface area (TPSA) is 37.4 Å². The summed E-state index contributed by atoms with van der Waals surface area (Å²) in [4.78, 5) is 23.4. The Kier molecular flexibility index (Phi) is 6.17. The molecule has 0 heterocycles. The molecule has 0 saturated heterocycles. The Hall–Kier alpha value is -0.860. The van der Waals surface area contributed by atoms with Crippen LogP contribution in [0.2, 0.25) is 0 Å². The first-order chi connectivity index (χ1) is 6.50. The molecular weight excluding hydrogens is 178 g/mol. The zero-order chi connectivity index (χ0) is 11.1. The van der Waals surface area contributed by atoms with E-state index in [1.54, 1.807) is 4.90 Å². The van der Waals surface area contributed by atoms with E-state index in [0.717, 1.165) is 6.29 Å². The number of rotatable bonds is 6. The van der Waals surface area contributed by atoms with Crippen LogP contribution in [-0.4, -0.2) is 30.2 Å². The summed E-state index contributed by atoms with van der Waals surface area (Å²) < 4.78 is 0. The van der Waals surface area contributed by atoms with Crippen LogP contribution in [0, 0.1) is 5.92 Å². The molecule has 0 rings (SSSR count). The molecule has 0 aliphatic carbocycles. The van der Waals surface area contributed by atoms with Gasteiger partial charge in [-0.3, -0.25) is 4.79 Å². The Morgan fingerprint density at radius 1 is 1.36 bits per heavy atom. The van der Waals surface area contributed by atoms with Gasteiger partial charge in [0.25, 0.3) is 0 Å². The van der Waals surface area contributed by atoms with E-state index in [1.807, 2.05) is 14.0 Å². The Morgan fingerprint density at radius 3 is 2.36 bits per heavy atom. The van der Waals surface area contributed by atoms with E-state index in [2.05, 4.69) is 13.8 Å². The van der Waals surface area contributed by atoms with Crippen molar-refractivity contribution in [2.45, 2.75) is 46.1 Å². The molecule has 0 fully saturated rings. The lowest BCUT2D eigenvalue weighted by Crippen LogP contribution is -2.38. The molecular formula is C11H21NO2. The van der Waals surface area contributed by atoms with Gasteiger partial charge in [0.05, 0.1) is 0 Å². The maximum atomic E-state index is 11.6. The summed E-state index contributed by atoms with van der Waals surface area (Å²) in [6, 6.07) is 0.263. The smallest absolute Gasteiger partial charge is 0.222 e. The molecule has 0 saturated carbocycles. The van der Waals surface area contributed by atoms with E-state index in [1.165, 1.54) is 0 Å². The Morgan fingerprint density at radius 2 is 1.93 bits per heavy atom. The minimum atomic E-state index is 0.132. The summed E-state index contributed by atoms with van der Waals surface area (Å²) in [5, 5.41) is 0. The second kappa shape index (κ2) is 6.57. The maximum absolute atomic E-state index is 11.6. The largest absolute Gasteiger partial charge is 0.343 e. The third kappa shape index (κ3) is 4.40. The molecule has 0 spiro atoms. The number of carbonyl (C=O) groups is 2. The average Bonchev–Trinajstić information content (AvgIpc) is 2.15. The monoisotopic (exact) mass is 199 g/mol. The highest BCUT2D eigenvalue weighted by Crippen LogP contribution is 2.10. The second-order valence-corrected chi connectivity index (χ2v) is 4.05. The van der Waals surface area contributed by atoms with Gasteiger partial charge in [0, 0.05) is 25.9 Å². The summed E-state index contributed by atoms with van der Waals surface area (Å²) in [6.45, 7) is 6.24. The van der Waals surface area contributed by atoms with Crippen molar-refractivity contribution >= 4 is 12.2 Å². The van der Waals surface area contributed by atoms with Gasteiger partial charge >= 0.3 is 0 Å². The minimum Gasteiger partial charge on any atom is -0.343 e. The molecule has 14 heavy (non-hydrogen) atoms. The molecule has 0 aromatic carbocycles. The van der Waals surface area contributed by atoms with Crippen molar-refractivity contribution in [3.05, 3.63) is 0 Å². The molecule has 0 aromatic rings. The third-order valence-electron chi connectivity index (χ3n) is 2.68. The summed E-state index contributed by atoms with van der Waals surface area (Å²) in [5.41, 5.74) is 0. The van der Waals surface area contributed by atoms with E-state index in [4.69, 9.17) is 0 Å². The molecule has 1 amide bonds. The Balaban J connectivity index is 3.92. The predicted molar refractivity (Wildman–Crippen MR) is 57.0 cm³/mol. The van der Waals surface area contributed by atoms with Crippen molar-refractivity contribution in [3.8, 4) is 0 Å². The first-order valence-corrected chi connectivity index (χ1v) is 5.20. The fourth-order valence-electron chi connectivity index (χ4n) is 1.19. The van der Waals surface area contributed by atoms with Crippen LogP contribution >= 0.6 is 0 Å². The number of hydrogen-bond donors (Lipinski definition) is 0. The Bertz CT molecular complexity index is 190. The number of hydrogen-bond acceptors (Lipinski definition) is 2. The van der Waals surface area contributed by atoms with Crippen LogP contribution in [0.3, 0.4) is 0 Å². The quantitative estimate of drug-likeness (QED) is 0.483. The summed E-state index contributed by atoms with van der Waals surface area (Å²) in [5.74, 6) is 0.600. The van der Waals surface area contributed by atoms with Crippen molar-refractivity contribution in [3.63, 3.8) is 0 Å². The van der Waals surface area contributed by atoms with Gasteiger partial charge in [-0.1, -0.05) is 13.8 Å². The van der Waals surface area contributed by atoms with Gasteiger partial charge < -0.3 is 9.69 Å². The van der Waals surface area contributed by atoms with Crippen molar-refractivity contribution in [1.82, 2.24) is 4.90 Å². The fraction of sp³-hybridized carbons (Fsp3) is 0.818. The summed E-state index contributed by atoms with van der Waals surface area (Å²) in [6.07, 6.45) is 2.48. The highest BCUT2D eigenvalue weighted by molar-refractivity contribution is 5.76. The molecule has 0 aliphatic rings. The molecule has 82 valence electrons. The first kappa shape index (κ1) is 13.1. The third-order valence-corrected chi connectivity index (χ3v) is 2.68. The zero-order valence-electron chi connectivity index (χ0n) is 9.62. The number of amides is 1. The molecule has 3 heteroatoms. The number of carbonyl (C=O) groups excluding carboxylic acids is 2. The van der Waals surface area contributed by atoms with Crippen LogP contribution in [0.5, 0.6) is 0 Å². The molecule has 1 unspecified atom stereocenters. The molecule has 0 bridgehead atoms. The number of nitrogens with zero attached hydrogens (tertiary/aromatic N) is 1. The van der Waals surface area contributed by atoms with Gasteiger partial charge in [0.1, 0.15) is 6.29 Å². The molecule has 0 aliphatic heterocycles. The first-order valence-electron chi connectivity index (χ1n) is 5.20. The van der Waals surface area contributed by atoms with Gasteiger partial charge in [-0.2, -0.15) is 0 Å². The highest BCUT2D eigenvalue weighted by Gasteiger charge is 2.17. The Labute approximate surface area is 86.5 Å². The van der Waals surface area contributed by atoms with Gasteiger partial charge in [-0.05, 0) is 19.3 Å². The van der Waals surface area contributed by atoms with E-state index in [0.29, 0.717) is 25.2 Å². The normalized spacial score (nSPS) is 12.6. The number of unbranched alkanes of at least 4 members (excludes halogenated alkanes) is 1. The summed E-state index contributed by atoms with van der Waals surface area (Å²) >= 11 is 0. The zero-order valence-corrected chi connectivity index (χ0v) is 9.62. The maximum Gasteiger partial charge on any atom is 0.222 e. The van der Waals surface area contributed by atoms with Crippen LogP contribution in [0.4, 0.5) is 0 Å². The van der Waals surface area contributed by atoms with Crippen LogP contribution < -0.4 is 0 Å². The van der Waals surface area contributed by atoms with Crippen LogP contribution in [-0.2, 0) is 9.59 Å². The lowest BCUT2D eigenvalue weighted by atomic mass is 10.0. The van der Waals surface area contributed by atoms with E-state index in [-0.39, 0.29) is 11.9 Å². The lowest BCUT2D eigenvalue weighted by molar-refractivity contribution is -0.132. The molecule has 0 aromatic heterocycles. The highest BCUT2D eigenvalue weighted by atomic mass is 16.2. The van der Waals surface area contributed by atoms with Crippen LogP contribution in [0.1, 0.15) is 40.0 Å². The molecule has 0 radical (unpaired) electrons. The van der Waals surface area contributed by atoms with Crippen molar-refractivity contribution in [2.24, 2.45) is 5.92 Å². The minimum absolute atomic E-state index is 0.132. The standard InChI is InChI=1S/C11H21NO2/c1-9(2)10(3)12(4)11(14)7-5-6-8-13/h8-10H,5-7H2,1-4H3. The molecule has 1 atom stereocenters. The van der Waals surface area contributed by atoms with Gasteiger partial charge in [-0.25, -0.2) is 0 Å². The van der Waals surface area contributed by atoms with Gasteiger partial charge in [0.2, 0.25) is 5.91 Å². The average molecular weight is 199 g/mol. The van der Waals surface area contributed by atoms with Crippen molar-refractivity contribution < 1.29 is 9.59 Å². The van der Waals surface area contributed by atoms with Crippen LogP contribution in [0.25, 0.3) is 0 Å². The second-order valence-electron chi connectivity index (χ2n) is 4.05. The predicted octanol–water partition coefficient (Wildman–Crippen LogP) is 1.86. The van der Waals surface area contributed by atoms with E-state index >= 15 is 0 Å². The molecule has 3 nitrogen and oxygen atoms in total. The summed E-state index contributed by atoms with van der Waals surface area (Å²) in [7, 11) is 1.83. The van der Waals surface area contributed by atoms with E-state index in [9.17, 15) is 9.59 Å². The molecule has 0 N–H and O–H groups in total. The van der Waals surface area contributed by atoms with Crippen molar-refractivity contribution in [1.29, 1.82) is 0 Å². The lowest BCUT2D eigenvalue weighted by Gasteiger charge is -2.28. The van der Waals surface area contributed by atoms with Crippen LogP contribution in [0.15, 0.2) is 0 Å². The van der Waals surface area contributed by atoms with Gasteiger partial charge in [-0.15, -0.1) is 0 Å². The SMILES string of the molecule is CC(C)C(C)N(C)C(=O)CCCC=O. The number of aldehydes is 1. The van der Waals surface area contributed by atoms with Gasteiger partial charge in [0.15, 0.2) is 0 Å². The van der Waals surface area contributed by atoms with Crippen molar-refractivity contribution in [2.75, 3.05) is 7.05 Å². The van der Waals surface area contributed by atoms with E-state index < -0.39 is 0 Å².